The zero-order chi connectivity index (χ0) is 13.1. The molecule has 2 heterocycles. The summed E-state index contributed by atoms with van der Waals surface area (Å²) in [7, 11) is 1.33. The van der Waals surface area contributed by atoms with Crippen molar-refractivity contribution in [2.75, 3.05) is 20.3 Å². The molecule has 1 aromatic heterocycles. The van der Waals surface area contributed by atoms with Gasteiger partial charge in [-0.05, 0) is 31.0 Å². The van der Waals surface area contributed by atoms with Gasteiger partial charge in [0.2, 0.25) is 5.76 Å². The third kappa shape index (κ3) is 2.57. The van der Waals surface area contributed by atoms with E-state index in [1.807, 2.05) is 0 Å². The van der Waals surface area contributed by atoms with Crippen molar-refractivity contribution in [2.45, 2.75) is 25.9 Å². The number of aliphatic hydroxyl groups is 1. The fourth-order valence-electron chi connectivity index (χ4n) is 2.45. The number of carbonyl (C=O) groups excluding carboxylic acids is 1. The van der Waals surface area contributed by atoms with E-state index in [2.05, 4.69) is 16.6 Å². The molecule has 0 spiro atoms. The van der Waals surface area contributed by atoms with Crippen LogP contribution in [0.15, 0.2) is 16.5 Å². The second kappa shape index (κ2) is 5.54. The Morgan fingerprint density at radius 2 is 2.39 bits per heavy atom. The third-order valence-electron chi connectivity index (χ3n) is 3.59. The fourth-order valence-corrected chi connectivity index (χ4v) is 2.45. The first kappa shape index (κ1) is 13.1. The minimum atomic E-state index is -0.463. The Bertz CT molecular complexity index is 415. The van der Waals surface area contributed by atoms with Crippen molar-refractivity contribution in [3.63, 3.8) is 0 Å². The quantitative estimate of drug-likeness (QED) is 0.819. The van der Waals surface area contributed by atoms with Gasteiger partial charge in [-0.25, -0.2) is 4.79 Å². The average Bonchev–Trinajstić information content (AvgIpc) is 2.96. The topological polar surface area (TPSA) is 62.9 Å². The summed E-state index contributed by atoms with van der Waals surface area (Å²) in [6.07, 6.45) is 1.08. The number of ether oxygens (including phenoxy) is 1. The molecule has 0 aromatic carbocycles. The minimum Gasteiger partial charge on any atom is -0.463 e. The number of esters is 1. The van der Waals surface area contributed by atoms with Crippen LogP contribution in [0.25, 0.3) is 0 Å². The van der Waals surface area contributed by atoms with Gasteiger partial charge < -0.3 is 14.3 Å². The lowest BCUT2D eigenvalue weighted by atomic mass is 10.0. The summed E-state index contributed by atoms with van der Waals surface area (Å²) >= 11 is 0. The molecule has 5 heteroatoms. The smallest absolute Gasteiger partial charge is 0.373 e. The van der Waals surface area contributed by atoms with Crippen LogP contribution >= 0.6 is 0 Å². The Balaban J connectivity index is 2.01. The molecule has 1 fully saturated rings. The Hall–Kier alpha value is -1.33. The number of nitrogens with zero attached hydrogens (tertiary/aromatic N) is 1. The monoisotopic (exact) mass is 253 g/mol. The molecule has 100 valence electrons. The third-order valence-corrected chi connectivity index (χ3v) is 3.59. The van der Waals surface area contributed by atoms with E-state index in [1.165, 1.54) is 7.11 Å². The summed E-state index contributed by atoms with van der Waals surface area (Å²) in [4.78, 5) is 13.5. The number of rotatable bonds is 4. The molecular weight excluding hydrogens is 234 g/mol. The van der Waals surface area contributed by atoms with E-state index in [1.54, 1.807) is 12.1 Å². The highest BCUT2D eigenvalue weighted by Crippen LogP contribution is 2.25. The number of carbonyl (C=O) groups is 1. The summed E-state index contributed by atoms with van der Waals surface area (Å²) in [5, 5.41) is 9.37. The average molecular weight is 253 g/mol. The SMILES string of the molecule is COC(=O)c1ccc(CN2CCC(C)C2CO)o1. The molecule has 5 nitrogen and oxygen atoms in total. The molecule has 2 unspecified atom stereocenters. The molecule has 1 aliphatic heterocycles. The lowest BCUT2D eigenvalue weighted by Crippen LogP contribution is -2.34. The largest absolute Gasteiger partial charge is 0.463 e. The first-order valence-corrected chi connectivity index (χ1v) is 6.17. The molecule has 1 aromatic rings. The Kier molecular flexibility index (Phi) is 4.04. The van der Waals surface area contributed by atoms with Gasteiger partial charge in [0.05, 0.1) is 20.3 Å². The van der Waals surface area contributed by atoms with Crippen LogP contribution in [0, 0.1) is 5.92 Å². The van der Waals surface area contributed by atoms with E-state index >= 15 is 0 Å². The van der Waals surface area contributed by atoms with Crippen LogP contribution in [0.4, 0.5) is 0 Å². The Morgan fingerprint density at radius 3 is 3.06 bits per heavy atom. The van der Waals surface area contributed by atoms with Gasteiger partial charge in [-0.15, -0.1) is 0 Å². The summed E-state index contributed by atoms with van der Waals surface area (Å²) < 4.78 is 10.0. The summed E-state index contributed by atoms with van der Waals surface area (Å²) in [5.41, 5.74) is 0. The number of hydrogen-bond acceptors (Lipinski definition) is 5. The van der Waals surface area contributed by atoms with Crippen molar-refractivity contribution >= 4 is 5.97 Å². The van der Waals surface area contributed by atoms with Gasteiger partial charge in [-0.2, -0.15) is 0 Å². The maximum atomic E-state index is 11.3. The lowest BCUT2D eigenvalue weighted by molar-refractivity contribution is 0.0559. The first-order chi connectivity index (χ1) is 8.65. The maximum Gasteiger partial charge on any atom is 0.373 e. The van der Waals surface area contributed by atoms with Crippen molar-refractivity contribution in [1.29, 1.82) is 0 Å². The lowest BCUT2D eigenvalue weighted by Gasteiger charge is -2.23. The van der Waals surface area contributed by atoms with Crippen LogP contribution in [-0.4, -0.2) is 42.3 Å². The van der Waals surface area contributed by atoms with Gasteiger partial charge in [-0.3, -0.25) is 4.90 Å². The molecule has 1 saturated heterocycles. The fraction of sp³-hybridized carbons (Fsp3) is 0.615. The van der Waals surface area contributed by atoms with Crippen LogP contribution in [0.1, 0.15) is 29.7 Å². The molecule has 18 heavy (non-hydrogen) atoms. The number of hydrogen-bond donors (Lipinski definition) is 1. The van der Waals surface area contributed by atoms with E-state index in [9.17, 15) is 9.90 Å². The van der Waals surface area contributed by atoms with E-state index in [4.69, 9.17) is 4.42 Å². The van der Waals surface area contributed by atoms with E-state index in [0.29, 0.717) is 12.5 Å². The Morgan fingerprint density at radius 1 is 1.61 bits per heavy atom. The van der Waals surface area contributed by atoms with Crippen molar-refractivity contribution in [3.8, 4) is 0 Å². The van der Waals surface area contributed by atoms with Gasteiger partial charge in [0, 0.05) is 6.04 Å². The molecule has 1 aliphatic rings. The number of methoxy groups -OCH3 is 1. The normalized spacial score (nSPS) is 24.4. The molecule has 0 radical (unpaired) electrons. The van der Waals surface area contributed by atoms with Gasteiger partial charge in [0.1, 0.15) is 5.76 Å². The van der Waals surface area contributed by atoms with E-state index in [0.717, 1.165) is 18.7 Å². The molecule has 0 amide bonds. The molecule has 0 aliphatic carbocycles. The summed E-state index contributed by atoms with van der Waals surface area (Å²) in [6.45, 7) is 3.86. The standard InChI is InChI=1S/C13H19NO4/c1-9-5-6-14(11(9)8-15)7-10-3-4-12(18-10)13(16)17-2/h3-4,9,11,15H,5-8H2,1-2H3. The highest BCUT2D eigenvalue weighted by Gasteiger charge is 2.31. The van der Waals surface area contributed by atoms with Crippen molar-refractivity contribution in [2.24, 2.45) is 5.92 Å². The maximum absolute atomic E-state index is 11.3. The second-order valence-electron chi connectivity index (χ2n) is 4.74. The van der Waals surface area contributed by atoms with E-state index < -0.39 is 5.97 Å². The minimum absolute atomic E-state index is 0.158. The van der Waals surface area contributed by atoms with E-state index in [-0.39, 0.29) is 18.4 Å². The molecule has 2 atom stereocenters. The zero-order valence-corrected chi connectivity index (χ0v) is 10.8. The molecule has 1 N–H and O–H groups in total. The highest BCUT2D eigenvalue weighted by molar-refractivity contribution is 5.86. The van der Waals surface area contributed by atoms with Crippen molar-refractivity contribution in [1.82, 2.24) is 4.90 Å². The number of furan rings is 1. The van der Waals surface area contributed by atoms with Crippen LogP contribution < -0.4 is 0 Å². The van der Waals surface area contributed by atoms with Crippen molar-refractivity contribution < 1.29 is 19.1 Å². The molecular formula is C13H19NO4. The van der Waals surface area contributed by atoms with Gasteiger partial charge >= 0.3 is 5.97 Å². The second-order valence-corrected chi connectivity index (χ2v) is 4.74. The summed E-state index contributed by atoms with van der Waals surface area (Å²) in [5.74, 6) is 0.975. The van der Waals surface area contributed by atoms with Gasteiger partial charge in [0.15, 0.2) is 0 Å². The molecule has 0 saturated carbocycles. The predicted molar refractivity (Wildman–Crippen MR) is 65.1 cm³/mol. The zero-order valence-electron chi connectivity index (χ0n) is 10.8. The van der Waals surface area contributed by atoms with Gasteiger partial charge in [0.25, 0.3) is 0 Å². The van der Waals surface area contributed by atoms with Crippen molar-refractivity contribution in [3.05, 3.63) is 23.7 Å². The first-order valence-electron chi connectivity index (χ1n) is 6.17. The van der Waals surface area contributed by atoms with Crippen LogP contribution in [-0.2, 0) is 11.3 Å². The van der Waals surface area contributed by atoms with Crippen LogP contribution in [0.2, 0.25) is 0 Å². The predicted octanol–water partition coefficient (Wildman–Crippen LogP) is 1.27. The van der Waals surface area contributed by atoms with Crippen LogP contribution in [0.3, 0.4) is 0 Å². The molecule has 2 rings (SSSR count). The number of aliphatic hydroxyl groups excluding tert-OH is 1. The van der Waals surface area contributed by atoms with Gasteiger partial charge in [-0.1, -0.05) is 6.92 Å². The number of likely N-dealkylation sites (tertiary alicyclic amines) is 1. The van der Waals surface area contributed by atoms with Crippen LogP contribution in [0.5, 0.6) is 0 Å². The Labute approximate surface area is 106 Å². The highest BCUT2D eigenvalue weighted by atomic mass is 16.5. The summed E-state index contributed by atoms with van der Waals surface area (Å²) in [6, 6.07) is 3.58. The molecule has 0 bridgehead atoms.